The average molecular weight is 490 g/mol. The molecule has 0 radical (unpaired) electrons. The lowest BCUT2D eigenvalue weighted by atomic mass is 9.96. The number of carbonyl (C=O) groups excluding carboxylic acids is 2. The van der Waals surface area contributed by atoms with Crippen molar-refractivity contribution >= 4 is 45.6 Å². The number of aryl methyl sites for hydroxylation is 2. The second kappa shape index (κ2) is 10.9. The lowest BCUT2D eigenvalue weighted by molar-refractivity contribution is -0.115. The number of amides is 2. The van der Waals surface area contributed by atoms with Gasteiger partial charge < -0.3 is 10.6 Å². The van der Waals surface area contributed by atoms with Gasteiger partial charge in [-0.3, -0.25) is 9.59 Å². The fourth-order valence-electron chi connectivity index (χ4n) is 4.01. The topological polar surface area (TPSA) is 82.0 Å². The minimum Gasteiger partial charge on any atom is -0.322 e. The van der Waals surface area contributed by atoms with Gasteiger partial charge in [0.2, 0.25) is 5.91 Å². The Hall–Kier alpha value is -3.08. The highest BCUT2D eigenvalue weighted by Crippen LogP contribution is 2.38. The monoisotopic (exact) mass is 489 g/mol. The van der Waals surface area contributed by atoms with E-state index in [4.69, 9.17) is 0 Å². The summed E-state index contributed by atoms with van der Waals surface area (Å²) in [7, 11) is 0. The fourth-order valence-corrected chi connectivity index (χ4v) is 6.26. The largest absolute Gasteiger partial charge is 0.322 e. The number of nitrogens with zero attached hydrogens (tertiary/aromatic N) is 1. The highest BCUT2D eigenvalue weighted by atomic mass is 32.2. The average Bonchev–Trinajstić information content (AvgIpc) is 3.19. The molecule has 0 bridgehead atoms. The molecular formula is C27H27N3O2S2. The first kappa shape index (κ1) is 24.1. The van der Waals surface area contributed by atoms with Crippen LogP contribution >= 0.6 is 23.1 Å². The number of nitrogens with one attached hydrogen (secondary N) is 2. The molecule has 2 N–H and O–H groups in total. The van der Waals surface area contributed by atoms with Crippen LogP contribution in [-0.2, 0) is 17.6 Å². The van der Waals surface area contributed by atoms with E-state index in [0.717, 1.165) is 41.7 Å². The van der Waals surface area contributed by atoms with Gasteiger partial charge in [-0.1, -0.05) is 30.7 Å². The molecule has 0 saturated heterocycles. The second-order valence-electron chi connectivity index (χ2n) is 8.38. The van der Waals surface area contributed by atoms with E-state index in [1.165, 1.54) is 16.6 Å². The molecule has 174 valence electrons. The number of hydrogen-bond acceptors (Lipinski definition) is 5. The first-order chi connectivity index (χ1) is 16.5. The molecule has 0 aliphatic heterocycles. The summed E-state index contributed by atoms with van der Waals surface area (Å²) in [5, 5.41) is 16.0. The molecule has 2 amide bonds. The quantitative estimate of drug-likeness (QED) is 0.368. The van der Waals surface area contributed by atoms with Gasteiger partial charge in [0.05, 0.1) is 10.8 Å². The Labute approximate surface area is 208 Å². The zero-order chi connectivity index (χ0) is 24.1. The number of rotatable bonds is 7. The van der Waals surface area contributed by atoms with Gasteiger partial charge in [-0.15, -0.1) is 23.1 Å². The summed E-state index contributed by atoms with van der Waals surface area (Å²) in [6, 6.07) is 17.3. The van der Waals surface area contributed by atoms with Crippen LogP contribution < -0.4 is 10.6 Å². The fraction of sp³-hybridized carbons (Fsp3) is 0.296. The van der Waals surface area contributed by atoms with Gasteiger partial charge in [-0.25, -0.2) is 0 Å². The highest BCUT2D eigenvalue weighted by Gasteiger charge is 2.25. The molecule has 3 aromatic rings. The third-order valence-corrected chi connectivity index (χ3v) is 8.43. The maximum atomic E-state index is 13.1. The standard InChI is InChI=1S/C27H27N3O2S2/c1-3-23(26(32)30-27-22(16-28)21-9-4-5-10-24(21)34-27)33-20-8-6-7-19(15-20)29-25(31)18-13-11-17(2)12-14-18/h6-8,11-15,23H,3-5,9-10H2,1-2H3,(H,29,31)(H,30,32). The van der Waals surface area contributed by atoms with E-state index in [1.54, 1.807) is 23.5 Å². The van der Waals surface area contributed by atoms with Crippen LogP contribution in [0.3, 0.4) is 0 Å². The minimum atomic E-state index is -0.311. The van der Waals surface area contributed by atoms with Crippen LogP contribution in [0.25, 0.3) is 0 Å². The van der Waals surface area contributed by atoms with Gasteiger partial charge >= 0.3 is 0 Å². The number of thioether (sulfide) groups is 1. The Balaban J connectivity index is 1.44. The normalized spacial score (nSPS) is 13.4. The van der Waals surface area contributed by atoms with Gasteiger partial charge in [0, 0.05) is 21.0 Å². The minimum absolute atomic E-state index is 0.100. The molecule has 1 unspecified atom stereocenters. The van der Waals surface area contributed by atoms with Crippen molar-refractivity contribution in [2.75, 3.05) is 10.6 Å². The molecule has 34 heavy (non-hydrogen) atoms. The van der Waals surface area contributed by atoms with Crippen molar-refractivity contribution in [1.29, 1.82) is 5.26 Å². The van der Waals surface area contributed by atoms with Crippen LogP contribution in [0.5, 0.6) is 0 Å². The van der Waals surface area contributed by atoms with Gasteiger partial charge in [0.1, 0.15) is 11.1 Å². The molecule has 1 heterocycles. The Kier molecular flexibility index (Phi) is 7.71. The molecule has 1 aliphatic carbocycles. The summed E-state index contributed by atoms with van der Waals surface area (Å²) < 4.78 is 0. The summed E-state index contributed by atoms with van der Waals surface area (Å²) in [4.78, 5) is 27.8. The van der Waals surface area contributed by atoms with E-state index < -0.39 is 0 Å². The van der Waals surface area contributed by atoms with Crippen molar-refractivity contribution < 1.29 is 9.59 Å². The number of anilines is 2. The molecule has 0 fully saturated rings. The number of benzene rings is 2. The summed E-state index contributed by atoms with van der Waals surface area (Å²) in [5.41, 5.74) is 4.13. The molecule has 4 rings (SSSR count). The first-order valence-corrected chi connectivity index (χ1v) is 13.2. The van der Waals surface area contributed by atoms with E-state index in [-0.39, 0.29) is 17.1 Å². The number of nitriles is 1. The van der Waals surface area contributed by atoms with Crippen LogP contribution in [0, 0.1) is 18.3 Å². The van der Waals surface area contributed by atoms with Gasteiger partial charge in [-0.2, -0.15) is 5.26 Å². The van der Waals surface area contributed by atoms with E-state index in [9.17, 15) is 14.9 Å². The SMILES string of the molecule is CCC(Sc1cccc(NC(=O)c2ccc(C)cc2)c1)C(=O)Nc1sc2c(c1C#N)CCCC2. The predicted octanol–water partition coefficient (Wildman–Crippen LogP) is 6.57. The molecule has 1 aliphatic rings. The van der Waals surface area contributed by atoms with Gasteiger partial charge in [0.15, 0.2) is 0 Å². The van der Waals surface area contributed by atoms with Crippen molar-refractivity contribution in [3.8, 4) is 6.07 Å². The number of hydrogen-bond donors (Lipinski definition) is 2. The molecular weight excluding hydrogens is 462 g/mol. The van der Waals surface area contributed by atoms with E-state index >= 15 is 0 Å². The Morgan fingerprint density at radius 2 is 1.88 bits per heavy atom. The highest BCUT2D eigenvalue weighted by molar-refractivity contribution is 8.00. The predicted molar refractivity (Wildman–Crippen MR) is 140 cm³/mol. The lowest BCUT2D eigenvalue weighted by Gasteiger charge is -2.15. The molecule has 1 aromatic heterocycles. The van der Waals surface area contributed by atoms with E-state index in [0.29, 0.717) is 28.2 Å². The number of thiophene rings is 1. The van der Waals surface area contributed by atoms with Crippen LogP contribution in [-0.4, -0.2) is 17.1 Å². The second-order valence-corrected chi connectivity index (χ2v) is 10.8. The molecule has 2 aromatic carbocycles. The summed E-state index contributed by atoms with van der Waals surface area (Å²) in [6.45, 7) is 3.96. The third kappa shape index (κ3) is 5.52. The van der Waals surface area contributed by atoms with Crippen LogP contribution in [0.15, 0.2) is 53.4 Å². The van der Waals surface area contributed by atoms with Crippen molar-refractivity contribution in [2.45, 2.75) is 56.1 Å². The summed E-state index contributed by atoms with van der Waals surface area (Å²) in [6.07, 6.45) is 4.77. The van der Waals surface area contributed by atoms with Crippen molar-refractivity contribution in [2.24, 2.45) is 0 Å². The Bertz CT molecular complexity index is 1240. The van der Waals surface area contributed by atoms with E-state index in [2.05, 4.69) is 16.7 Å². The maximum Gasteiger partial charge on any atom is 0.255 e. The van der Waals surface area contributed by atoms with Crippen molar-refractivity contribution in [1.82, 2.24) is 0 Å². The summed E-state index contributed by atoms with van der Waals surface area (Å²) >= 11 is 3.01. The zero-order valence-corrected chi connectivity index (χ0v) is 20.9. The van der Waals surface area contributed by atoms with E-state index in [1.807, 2.05) is 50.2 Å². The van der Waals surface area contributed by atoms with Crippen molar-refractivity contribution in [3.05, 3.63) is 75.7 Å². The van der Waals surface area contributed by atoms with Crippen molar-refractivity contribution in [3.63, 3.8) is 0 Å². The summed E-state index contributed by atoms with van der Waals surface area (Å²) in [5.74, 6) is -0.269. The molecule has 1 atom stereocenters. The molecule has 5 nitrogen and oxygen atoms in total. The Morgan fingerprint density at radius 3 is 2.62 bits per heavy atom. The van der Waals surface area contributed by atoms with Gasteiger partial charge in [-0.05, 0) is 74.9 Å². The smallest absolute Gasteiger partial charge is 0.255 e. The number of fused-ring (bicyclic) bond motifs is 1. The Morgan fingerprint density at radius 1 is 1.12 bits per heavy atom. The van der Waals surface area contributed by atoms with Crippen LogP contribution in [0.2, 0.25) is 0 Å². The maximum absolute atomic E-state index is 13.1. The van der Waals surface area contributed by atoms with Gasteiger partial charge in [0.25, 0.3) is 5.91 Å². The number of carbonyl (C=O) groups is 2. The van der Waals surface area contributed by atoms with Crippen LogP contribution in [0.4, 0.5) is 10.7 Å². The lowest BCUT2D eigenvalue weighted by Crippen LogP contribution is -2.24. The molecule has 7 heteroatoms. The first-order valence-electron chi connectivity index (χ1n) is 11.5. The molecule has 0 saturated carbocycles. The third-order valence-electron chi connectivity index (χ3n) is 5.87. The zero-order valence-electron chi connectivity index (χ0n) is 19.3. The molecule has 0 spiro atoms. The van der Waals surface area contributed by atoms with Crippen LogP contribution in [0.1, 0.15) is 58.1 Å².